The fourth-order valence-corrected chi connectivity index (χ4v) is 0.506. The smallest absolute Gasteiger partial charge is 0.331 e. The van der Waals surface area contributed by atoms with E-state index in [1.54, 1.807) is 6.92 Å². The Morgan fingerprint density at radius 1 is 1.82 bits per heavy atom. The molecule has 0 aliphatic carbocycles. The van der Waals surface area contributed by atoms with E-state index >= 15 is 0 Å². The summed E-state index contributed by atoms with van der Waals surface area (Å²) in [6.45, 7) is 2.47. The van der Waals surface area contributed by atoms with Gasteiger partial charge in [-0.15, -0.1) is 0 Å². The number of hydrogen-bond acceptors (Lipinski definition) is 5. The first kappa shape index (κ1) is 10.4. The van der Waals surface area contributed by atoms with Crippen molar-refractivity contribution in [1.82, 2.24) is 0 Å². The van der Waals surface area contributed by atoms with Gasteiger partial charge in [0, 0.05) is 12.4 Å². The van der Waals surface area contributed by atoms with E-state index in [2.05, 4.69) is 16.8 Å². The molecule has 0 aromatic rings. The van der Waals surface area contributed by atoms with Crippen LogP contribution in [0.5, 0.6) is 0 Å². The Hall–Kier alpha value is -0.550. The lowest BCUT2D eigenvalue weighted by molar-refractivity contribution is -0.144. The normalized spacial score (nSPS) is 12.2. The van der Waals surface area contributed by atoms with E-state index in [4.69, 9.17) is 10.5 Å². The lowest BCUT2D eigenvalue weighted by Gasteiger charge is -2.04. The van der Waals surface area contributed by atoms with Gasteiger partial charge in [0.2, 0.25) is 0 Å². The lowest BCUT2D eigenvalue weighted by Crippen LogP contribution is -2.19. The molecule has 0 unspecified atom stereocenters. The molecule has 0 aromatic carbocycles. The quantitative estimate of drug-likeness (QED) is 0.473. The van der Waals surface area contributed by atoms with Gasteiger partial charge < -0.3 is 10.5 Å². The molecular weight excluding hydrogens is 164 g/mol. The van der Waals surface area contributed by atoms with Crippen molar-refractivity contribution >= 4 is 18.4 Å². The summed E-state index contributed by atoms with van der Waals surface area (Å²) in [6.07, 6.45) is 0.676. The zero-order valence-corrected chi connectivity index (χ0v) is 7.26. The summed E-state index contributed by atoms with van der Waals surface area (Å²) in [4.78, 5) is 10.8. The largest absolute Gasteiger partial charge is 0.464 e. The summed E-state index contributed by atoms with van der Waals surface area (Å²) in [5.41, 5.74) is 5.19. The van der Waals surface area contributed by atoms with Crippen LogP contribution in [0.15, 0.2) is 4.36 Å². The highest BCUT2D eigenvalue weighted by molar-refractivity contribution is 7.47. The summed E-state index contributed by atoms with van der Waals surface area (Å²) < 4.78 is 8.10. The van der Waals surface area contributed by atoms with E-state index in [0.29, 0.717) is 19.6 Å². The zero-order valence-electron chi connectivity index (χ0n) is 6.45. The van der Waals surface area contributed by atoms with Gasteiger partial charge in [0.1, 0.15) is 0 Å². The number of nitrogens with two attached hydrogens (primary N) is 1. The second-order valence-electron chi connectivity index (χ2n) is 2.09. The van der Waals surface area contributed by atoms with E-state index in [1.165, 1.54) is 0 Å². The van der Waals surface area contributed by atoms with Gasteiger partial charge in [-0.05, 0) is 19.9 Å². The Bertz CT molecular complexity index is 141. The van der Waals surface area contributed by atoms with E-state index in [0.717, 1.165) is 0 Å². The lowest BCUT2D eigenvalue weighted by atomic mass is 10.4. The molecule has 0 saturated carbocycles. The zero-order chi connectivity index (χ0) is 8.69. The second kappa shape index (κ2) is 6.18. The van der Waals surface area contributed by atoms with Crippen molar-refractivity contribution in [2.24, 2.45) is 10.1 Å². The number of esters is 1. The predicted octanol–water partition coefficient (Wildman–Crippen LogP) is -0.00260. The summed E-state index contributed by atoms with van der Waals surface area (Å²) in [5, 5.41) is 0. The standard InChI is InChI=1S/C6H12N2O2S/c1-5(8-11)6(9)10-4-2-3-7/h5H,2-4,7H2,1H3/t5-/m0/s1. The van der Waals surface area contributed by atoms with Crippen LogP contribution in [0.1, 0.15) is 13.3 Å². The van der Waals surface area contributed by atoms with Gasteiger partial charge in [0.05, 0.1) is 6.61 Å². The van der Waals surface area contributed by atoms with Crippen LogP contribution in [0.2, 0.25) is 0 Å². The molecule has 2 N–H and O–H groups in total. The summed E-state index contributed by atoms with van der Waals surface area (Å²) in [6, 6.07) is -0.539. The van der Waals surface area contributed by atoms with Gasteiger partial charge in [-0.3, -0.25) is 0 Å². The molecule has 0 bridgehead atoms. The van der Waals surface area contributed by atoms with Crippen LogP contribution in [0.4, 0.5) is 0 Å². The molecule has 0 spiro atoms. The maximum absolute atomic E-state index is 10.8. The molecule has 4 nitrogen and oxygen atoms in total. The molecule has 0 rings (SSSR count). The molecule has 64 valence electrons. The first-order valence-electron chi connectivity index (χ1n) is 3.41. The van der Waals surface area contributed by atoms with E-state index in [9.17, 15) is 4.79 Å². The van der Waals surface area contributed by atoms with Gasteiger partial charge in [-0.2, -0.15) is 0 Å². The van der Waals surface area contributed by atoms with E-state index in [1.807, 2.05) is 0 Å². The van der Waals surface area contributed by atoms with Crippen molar-refractivity contribution in [3.63, 3.8) is 0 Å². The van der Waals surface area contributed by atoms with Crippen LogP contribution in [0, 0.1) is 0 Å². The average molecular weight is 176 g/mol. The van der Waals surface area contributed by atoms with Gasteiger partial charge in [0.15, 0.2) is 6.04 Å². The fraction of sp³-hybridized carbons (Fsp3) is 0.833. The van der Waals surface area contributed by atoms with Gasteiger partial charge in [0.25, 0.3) is 0 Å². The maximum Gasteiger partial charge on any atom is 0.331 e. The molecule has 0 fully saturated rings. The Morgan fingerprint density at radius 2 is 2.45 bits per heavy atom. The first-order chi connectivity index (χ1) is 5.22. The minimum Gasteiger partial charge on any atom is -0.464 e. The summed E-state index contributed by atoms with van der Waals surface area (Å²) in [5.74, 6) is -0.381. The Morgan fingerprint density at radius 3 is 2.91 bits per heavy atom. The molecule has 1 atom stereocenters. The number of rotatable bonds is 5. The molecule has 0 radical (unpaired) electrons. The summed E-state index contributed by atoms with van der Waals surface area (Å²) >= 11 is 4.33. The third kappa shape index (κ3) is 4.80. The predicted molar refractivity (Wildman–Crippen MR) is 43.9 cm³/mol. The van der Waals surface area contributed by atoms with Gasteiger partial charge in [-0.1, -0.05) is 0 Å². The van der Waals surface area contributed by atoms with Crippen LogP contribution in [0.25, 0.3) is 0 Å². The highest BCUT2D eigenvalue weighted by Crippen LogP contribution is 1.92. The highest BCUT2D eigenvalue weighted by Gasteiger charge is 2.11. The Kier molecular flexibility index (Phi) is 5.87. The van der Waals surface area contributed by atoms with Crippen LogP contribution in [-0.4, -0.2) is 25.2 Å². The third-order valence-corrected chi connectivity index (χ3v) is 1.41. The van der Waals surface area contributed by atoms with Gasteiger partial charge >= 0.3 is 5.97 Å². The van der Waals surface area contributed by atoms with Crippen molar-refractivity contribution in [2.45, 2.75) is 19.4 Å². The topological polar surface area (TPSA) is 64.7 Å². The molecule has 0 aromatic heterocycles. The van der Waals surface area contributed by atoms with Gasteiger partial charge in [-0.25, -0.2) is 9.16 Å². The van der Waals surface area contributed by atoms with Crippen molar-refractivity contribution in [3.05, 3.63) is 0 Å². The third-order valence-electron chi connectivity index (χ3n) is 1.09. The molecule has 0 heterocycles. The SMILES string of the molecule is C[C@H](N=S)C(=O)OCCCN. The molecule has 0 aliphatic rings. The van der Waals surface area contributed by atoms with E-state index < -0.39 is 6.04 Å². The van der Waals surface area contributed by atoms with Crippen molar-refractivity contribution in [1.29, 1.82) is 0 Å². The maximum atomic E-state index is 10.8. The molecule has 11 heavy (non-hydrogen) atoms. The number of nitrogens with zero attached hydrogens (tertiary/aromatic N) is 1. The van der Waals surface area contributed by atoms with Crippen molar-refractivity contribution < 1.29 is 9.53 Å². The minimum absolute atomic E-state index is 0.352. The van der Waals surface area contributed by atoms with Crippen LogP contribution in [-0.2, 0) is 22.0 Å². The van der Waals surface area contributed by atoms with Crippen molar-refractivity contribution in [2.75, 3.05) is 13.2 Å². The summed E-state index contributed by atoms with van der Waals surface area (Å²) in [7, 11) is 0. The molecule has 0 amide bonds. The average Bonchev–Trinajstić information content (AvgIpc) is 2.03. The highest BCUT2D eigenvalue weighted by atomic mass is 32.1. The number of ether oxygens (including phenoxy) is 1. The molecule has 0 saturated heterocycles. The van der Waals surface area contributed by atoms with Crippen LogP contribution in [0.3, 0.4) is 0 Å². The number of carbonyl (C=O) groups excluding carboxylic acids is 1. The van der Waals surface area contributed by atoms with Crippen LogP contribution >= 0.6 is 0 Å². The molecule has 5 heteroatoms. The van der Waals surface area contributed by atoms with Crippen molar-refractivity contribution in [3.8, 4) is 0 Å². The number of carbonyl (C=O) groups is 1. The minimum atomic E-state index is -0.539. The monoisotopic (exact) mass is 176 g/mol. The second-order valence-corrected chi connectivity index (χ2v) is 2.30. The fourth-order valence-electron chi connectivity index (χ4n) is 0.420. The molecule has 0 aliphatic heterocycles. The Labute approximate surface area is 71.3 Å². The van der Waals surface area contributed by atoms with E-state index in [-0.39, 0.29) is 5.97 Å². The molecular formula is C6H12N2O2S. The van der Waals surface area contributed by atoms with Crippen LogP contribution < -0.4 is 5.73 Å². The first-order valence-corrected chi connectivity index (χ1v) is 3.78. The number of hydrogen-bond donors (Lipinski definition) is 1. The Balaban J connectivity index is 3.44.